The van der Waals surface area contributed by atoms with E-state index in [0.717, 1.165) is 0 Å². The van der Waals surface area contributed by atoms with Crippen molar-refractivity contribution in [2.75, 3.05) is 0 Å². The van der Waals surface area contributed by atoms with E-state index in [1.807, 2.05) is 0 Å². The van der Waals surface area contributed by atoms with Crippen molar-refractivity contribution < 1.29 is 4.92 Å². The highest BCUT2D eigenvalue weighted by molar-refractivity contribution is 6.14. The molecule has 2 aliphatic carbocycles. The highest BCUT2D eigenvalue weighted by atomic mass is 16.6. The van der Waals surface area contributed by atoms with Gasteiger partial charge in [0.2, 0.25) is 21.7 Å². The highest BCUT2D eigenvalue weighted by Crippen LogP contribution is 2.39. The maximum atomic E-state index is 12.6. The average molecular weight is 335 g/mol. The molecule has 0 aromatic heterocycles. The molecular formula is C18H9NO6. The first-order valence-electron chi connectivity index (χ1n) is 7.39. The summed E-state index contributed by atoms with van der Waals surface area (Å²) in [5, 5.41) is 11.0. The fourth-order valence-corrected chi connectivity index (χ4v) is 3.60. The number of aryl methyl sites for hydroxylation is 2. The Labute approximate surface area is 138 Å². The lowest BCUT2D eigenvalue weighted by molar-refractivity contribution is -0.383. The van der Waals surface area contributed by atoms with E-state index in [2.05, 4.69) is 0 Å². The molecule has 0 unspecified atom stereocenters. The van der Waals surface area contributed by atoms with Crippen LogP contribution in [0.2, 0.25) is 0 Å². The largest absolute Gasteiger partial charge is 0.285 e. The van der Waals surface area contributed by atoms with Crippen LogP contribution in [0.15, 0.2) is 37.4 Å². The maximum absolute atomic E-state index is 12.6. The smallest absolute Gasteiger partial charge is 0.284 e. The Morgan fingerprint density at radius 2 is 1.24 bits per heavy atom. The van der Waals surface area contributed by atoms with Crippen LogP contribution in [-0.4, -0.2) is 4.92 Å². The highest BCUT2D eigenvalue weighted by Gasteiger charge is 2.31. The van der Waals surface area contributed by atoms with Crippen molar-refractivity contribution in [1.82, 2.24) is 0 Å². The zero-order valence-corrected chi connectivity index (χ0v) is 13.1. The summed E-state index contributed by atoms with van der Waals surface area (Å²) >= 11 is 0. The SMILES string of the molecule is Cc1cc2c3c(c1)c(=O)c(=O)c1c([N+](=O)[O-])c(C)cc(c1-3)c(=O)c2=O. The summed E-state index contributed by atoms with van der Waals surface area (Å²) in [4.78, 5) is 60.8. The molecule has 122 valence electrons. The van der Waals surface area contributed by atoms with E-state index < -0.39 is 37.7 Å². The standard InChI is InChI=1S/C18H9NO6/c1-6-3-8-11-9(4-6)17(22)18(23)13-12(11)10(16(21)15(8)20)5-7(2)14(13)19(24)25/h3-5H,1-2H3. The zero-order valence-electron chi connectivity index (χ0n) is 13.1. The molecule has 25 heavy (non-hydrogen) atoms. The van der Waals surface area contributed by atoms with Gasteiger partial charge in [0, 0.05) is 32.8 Å². The molecular weight excluding hydrogens is 326 g/mol. The van der Waals surface area contributed by atoms with Crippen LogP contribution in [0.3, 0.4) is 0 Å². The molecule has 0 spiro atoms. The molecule has 2 aromatic carbocycles. The third-order valence-electron chi connectivity index (χ3n) is 4.58. The molecule has 0 heterocycles. The van der Waals surface area contributed by atoms with Gasteiger partial charge in [-0.15, -0.1) is 0 Å². The molecule has 0 aliphatic heterocycles. The van der Waals surface area contributed by atoms with Gasteiger partial charge in [0.15, 0.2) is 0 Å². The Balaban J connectivity index is 2.59. The van der Waals surface area contributed by atoms with Crippen LogP contribution >= 0.6 is 0 Å². The quantitative estimate of drug-likeness (QED) is 0.225. The second-order valence-corrected chi connectivity index (χ2v) is 6.15. The number of nitro groups is 1. The van der Waals surface area contributed by atoms with Gasteiger partial charge in [-0.05, 0) is 37.6 Å². The fourth-order valence-electron chi connectivity index (χ4n) is 3.60. The van der Waals surface area contributed by atoms with Crippen LogP contribution < -0.4 is 21.7 Å². The molecule has 0 saturated heterocycles. The van der Waals surface area contributed by atoms with Crippen molar-refractivity contribution in [3.05, 3.63) is 80.3 Å². The molecule has 7 heteroatoms. The van der Waals surface area contributed by atoms with Crippen molar-refractivity contribution in [3.63, 3.8) is 0 Å². The normalized spacial score (nSPS) is 11.8. The Morgan fingerprint density at radius 1 is 0.760 bits per heavy atom. The summed E-state index contributed by atoms with van der Waals surface area (Å²) < 4.78 is 0. The first-order valence-corrected chi connectivity index (χ1v) is 7.39. The number of hydrogen-bond acceptors (Lipinski definition) is 6. The van der Waals surface area contributed by atoms with Crippen molar-refractivity contribution >= 4 is 27.2 Å². The third kappa shape index (κ3) is 1.69. The maximum Gasteiger partial charge on any atom is 0.284 e. The molecule has 0 radical (unpaired) electrons. The minimum atomic E-state index is -1.03. The lowest BCUT2D eigenvalue weighted by Gasteiger charge is -2.15. The van der Waals surface area contributed by atoms with E-state index >= 15 is 0 Å². The van der Waals surface area contributed by atoms with Gasteiger partial charge in [-0.1, -0.05) is 0 Å². The predicted molar refractivity (Wildman–Crippen MR) is 92.8 cm³/mol. The summed E-state index contributed by atoms with van der Waals surface area (Å²) in [6.07, 6.45) is 0. The van der Waals surface area contributed by atoms with Crippen LogP contribution in [0.1, 0.15) is 11.1 Å². The Morgan fingerprint density at radius 3 is 1.76 bits per heavy atom. The van der Waals surface area contributed by atoms with Crippen LogP contribution in [0.4, 0.5) is 5.69 Å². The lowest BCUT2D eigenvalue weighted by Crippen LogP contribution is -2.32. The average Bonchev–Trinajstić information content (AvgIpc) is 2.55. The van der Waals surface area contributed by atoms with Gasteiger partial charge >= 0.3 is 0 Å². The fraction of sp³-hybridized carbons (Fsp3) is 0.111. The summed E-state index contributed by atoms with van der Waals surface area (Å²) in [5.41, 5.74) is -3.29. The van der Waals surface area contributed by atoms with E-state index in [0.29, 0.717) is 5.56 Å². The molecule has 0 N–H and O–H groups in total. The number of rotatable bonds is 1. The molecule has 0 fully saturated rings. The summed E-state index contributed by atoms with van der Waals surface area (Å²) in [5.74, 6) is 0. The molecule has 2 aliphatic rings. The van der Waals surface area contributed by atoms with Gasteiger partial charge in [-0.2, -0.15) is 0 Å². The number of benzene rings is 4. The second kappa shape index (κ2) is 4.54. The van der Waals surface area contributed by atoms with E-state index in [-0.39, 0.29) is 32.8 Å². The van der Waals surface area contributed by atoms with Crippen LogP contribution in [0.5, 0.6) is 0 Å². The van der Waals surface area contributed by atoms with Crippen LogP contribution in [-0.2, 0) is 0 Å². The van der Waals surface area contributed by atoms with Crippen molar-refractivity contribution in [2.24, 2.45) is 0 Å². The molecule has 0 saturated carbocycles. The predicted octanol–water partition coefficient (Wildman–Crippen LogP) is 1.38. The summed E-state index contributed by atoms with van der Waals surface area (Å²) in [7, 11) is 0. The van der Waals surface area contributed by atoms with Gasteiger partial charge in [0.1, 0.15) is 5.39 Å². The van der Waals surface area contributed by atoms with Crippen molar-refractivity contribution in [2.45, 2.75) is 13.8 Å². The number of nitro benzene ring substituents is 1. The number of hydrogen-bond donors (Lipinski definition) is 0. The Kier molecular flexibility index (Phi) is 2.73. The molecule has 0 amide bonds. The summed E-state index contributed by atoms with van der Waals surface area (Å²) in [6.45, 7) is 3.00. The first-order chi connectivity index (χ1) is 11.7. The first kappa shape index (κ1) is 15.1. The van der Waals surface area contributed by atoms with Gasteiger partial charge in [0.25, 0.3) is 5.69 Å². The monoisotopic (exact) mass is 335 g/mol. The van der Waals surface area contributed by atoms with E-state index in [9.17, 15) is 29.3 Å². The minimum Gasteiger partial charge on any atom is -0.285 e. The molecule has 4 rings (SSSR count). The second-order valence-electron chi connectivity index (χ2n) is 6.15. The minimum absolute atomic E-state index is 0.00718. The topological polar surface area (TPSA) is 111 Å². The van der Waals surface area contributed by atoms with Gasteiger partial charge in [-0.25, -0.2) is 0 Å². The van der Waals surface area contributed by atoms with Crippen molar-refractivity contribution in [1.29, 1.82) is 0 Å². The van der Waals surface area contributed by atoms with E-state index in [1.165, 1.54) is 25.1 Å². The Hall–Kier alpha value is -3.48. The van der Waals surface area contributed by atoms with E-state index in [4.69, 9.17) is 0 Å². The molecule has 7 nitrogen and oxygen atoms in total. The van der Waals surface area contributed by atoms with Crippen molar-refractivity contribution in [3.8, 4) is 11.1 Å². The van der Waals surface area contributed by atoms with Crippen LogP contribution in [0, 0.1) is 24.0 Å². The Bertz CT molecular complexity index is 1410. The molecule has 0 atom stereocenters. The lowest BCUT2D eigenvalue weighted by atomic mass is 9.84. The van der Waals surface area contributed by atoms with Crippen LogP contribution in [0.25, 0.3) is 32.7 Å². The van der Waals surface area contributed by atoms with Gasteiger partial charge < -0.3 is 0 Å². The summed E-state index contributed by atoms with van der Waals surface area (Å²) in [6, 6.07) is 4.16. The third-order valence-corrected chi connectivity index (χ3v) is 4.58. The van der Waals surface area contributed by atoms with Gasteiger partial charge in [0.05, 0.1) is 4.92 Å². The van der Waals surface area contributed by atoms with Gasteiger partial charge in [-0.3, -0.25) is 29.3 Å². The zero-order chi connectivity index (χ0) is 18.2. The number of nitrogens with zero attached hydrogens (tertiary/aromatic N) is 1. The molecule has 0 bridgehead atoms. The van der Waals surface area contributed by atoms with E-state index in [1.54, 1.807) is 6.92 Å². The molecule has 2 aromatic rings.